The Morgan fingerprint density at radius 3 is 2.68 bits per heavy atom. The second kappa shape index (κ2) is 8.97. The van der Waals surface area contributed by atoms with E-state index in [1.54, 1.807) is 7.11 Å². The number of ether oxygens (including phenoxy) is 1. The standard InChI is InChI=1S/C20H31FN2O2/c1-25-19-8-7-16(20(21)13-19)14-22-10-11-23(15-18(22)9-12-24)17-5-3-2-4-6-17/h7-8,13,17-18,24H,2-6,9-12,14-15H2,1H3/t18-/m1/s1. The topological polar surface area (TPSA) is 35.9 Å². The Hall–Kier alpha value is -1.17. The Morgan fingerprint density at radius 1 is 1.20 bits per heavy atom. The molecule has 0 unspecified atom stereocenters. The van der Waals surface area contributed by atoms with Gasteiger partial charge in [0.05, 0.1) is 7.11 Å². The lowest BCUT2D eigenvalue weighted by Crippen LogP contribution is -2.56. The summed E-state index contributed by atoms with van der Waals surface area (Å²) in [6.45, 7) is 3.75. The van der Waals surface area contributed by atoms with Crippen molar-refractivity contribution in [3.63, 3.8) is 0 Å². The molecule has 1 aromatic carbocycles. The summed E-state index contributed by atoms with van der Waals surface area (Å²) in [6.07, 6.45) is 7.41. The van der Waals surface area contributed by atoms with Crippen molar-refractivity contribution in [3.8, 4) is 5.75 Å². The summed E-state index contributed by atoms with van der Waals surface area (Å²) in [5, 5.41) is 9.49. The Morgan fingerprint density at radius 2 is 2.00 bits per heavy atom. The summed E-state index contributed by atoms with van der Waals surface area (Å²) in [4.78, 5) is 4.95. The van der Waals surface area contributed by atoms with Gasteiger partial charge in [-0.2, -0.15) is 0 Å². The lowest BCUT2D eigenvalue weighted by molar-refractivity contribution is 0.0217. The molecule has 0 bridgehead atoms. The van der Waals surface area contributed by atoms with E-state index < -0.39 is 0 Å². The molecule has 1 heterocycles. The van der Waals surface area contributed by atoms with Crippen molar-refractivity contribution in [1.29, 1.82) is 0 Å². The smallest absolute Gasteiger partial charge is 0.131 e. The molecule has 140 valence electrons. The van der Waals surface area contributed by atoms with Crippen LogP contribution in [0, 0.1) is 5.82 Å². The predicted octanol–water partition coefficient (Wildman–Crippen LogP) is 3.04. The molecule has 4 nitrogen and oxygen atoms in total. The molecule has 3 rings (SSSR count). The molecule has 1 aliphatic carbocycles. The molecule has 25 heavy (non-hydrogen) atoms. The van der Waals surface area contributed by atoms with Crippen LogP contribution in [0.3, 0.4) is 0 Å². The quantitative estimate of drug-likeness (QED) is 0.855. The zero-order chi connectivity index (χ0) is 17.6. The minimum Gasteiger partial charge on any atom is -0.497 e. The van der Waals surface area contributed by atoms with Crippen molar-refractivity contribution in [2.24, 2.45) is 0 Å². The maximum Gasteiger partial charge on any atom is 0.131 e. The second-order valence-corrected chi connectivity index (χ2v) is 7.38. The van der Waals surface area contributed by atoms with Crippen molar-refractivity contribution in [2.75, 3.05) is 33.4 Å². The van der Waals surface area contributed by atoms with Gasteiger partial charge in [0, 0.05) is 56.5 Å². The molecule has 1 saturated heterocycles. The van der Waals surface area contributed by atoms with E-state index in [9.17, 15) is 9.50 Å². The molecule has 1 N–H and O–H groups in total. The number of benzene rings is 1. The highest BCUT2D eigenvalue weighted by atomic mass is 19.1. The summed E-state index contributed by atoms with van der Waals surface area (Å²) < 4.78 is 19.4. The highest BCUT2D eigenvalue weighted by molar-refractivity contribution is 5.29. The van der Waals surface area contributed by atoms with Crippen LogP contribution in [0.5, 0.6) is 5.75 Å². The third-order valence-electron chi connectivity index (χ3n) is 5.82. The monoisotopic (exact) mass is 350 g/mol. The highest BCUT2D eigenvalue weighted by Crippen LogP contribution is 2.27. The van der Waals surface area contributed by atoms with Crippen molar-refractivity contribution in [2.45, 2.75) is 57.2 Å². The molecule has 1 aromatic rings. The van der Waals surface area contributed by atoms with Gasteiger partial charge in [0.15, 0.2) is 0 Å². The van der Waals surface area contributed by atoms with Crippen LogP contribution in [0.2, 0.25) is 0 Å². The number of hydrogen-bond donors (Lipinski definition) is 1. The molecule has 0 aromatic heterocycles. The molecular weight excluding hydrogens is 319 g/mol. The summed E-state index contributed by atoms with van der Waals surface area (Å²) in [6, 6.07) is 6.08. The van der Waals surface area contributed by atoms with Crippen LogP contribution in [-0.2, 0) is 6.54 Å². The fraction of sp³-hybridized carbons (Fsp3) is 0.700. The third kappa shape index (κ3) is 4.72. The lowest BCUT2D eigenvalue weighted by atomic mass is 9.92. The zero-order valence-corrected chi connectivity index (χ0v) is 15.3. The van der Waals surface area contributed by atoms with E-state index in [1.165, 1.54) is 38.2 Å². The number of hydrogen-bond acceptors (Lipinski definition) is 4. The van der Waals surface area contributed by atoms with E-state index in [0.717, 1.165) is 26.1 Å². The van der Waals surface area contributed by atoms with Crippen LogP contribution in [0.15, 0.2) is 18.2 Å². The number of aliphatic hydroxyl groups excluding tert-OH is 1. The van der Waals surface area contributed by atoms with Crippen LogP contribution in [-0.4, -0.2) is 60.3 Å². The predicted molar refractivity (Wildman–Crippen MR) is 97.3 cm³/mol. The average molecular weight is 350 g/mol. The normalized spacial score (nSPS) is 23.7. The van der Waals surface area contributed by atoms with Crippen molar-refractivity contribution in [3.05, 3.63) is 29.6 Å². The SMILES string of the molecule is COc1ccc(CN2CCN(C3CCCCC3)C[C@H]2CCO)c(F)c1. The van der Waals surface area contributed by atoms with Crippen LogP contribution in [0.4, 0.5) is 4.39 Å². The van der Waals surface area contributed by atoms with E-state index in [4.69, 9.17) is 4.74 Å². The molecule has 2 aliphatic rings. The van der Waals surface area contributed by atoms with Gasteiger partial charge in [0.1, 0.15) is 11.6 Å². The summed E-state index contributed by atoms with van der Waals surface area (Å²) in [5.41, 5.74) is 0.704. The van der Waals surface area contributed by atoms with E-state index >= 15 is 0 Å². The van der Waals surface area contributed by atoms with Gasteiger partial charge in [-0.25, -0.2) is 4.39 Å². The molecule has 5 heteroatoms. The van der Waals surface area contributed by atoms with Gasteiger partial charge in [-0.05, 0) is 25.3 Å². The summed E-state index contributed by atoms with van der Waals surface area (Å²) >= 11 is 0. The van der Waals surface area contributed by atoms with Crippen molar-refractivity contribution in [1.82, 2.24) is 9.80 Å². The number of aliphatic hydroxyl groups is 1. The maximum atomic E-state index is 14.3. The van der Waals surface area contributed by atoms with Gasteiger partial charge in [-0.15, -0.1) is 0 Å². The van der Waals surface area contributed by atoms with Gasteiger partial charge >= 0.3 is 0 Å². The van der Waals surface area contributed by atoms with E-state index in [2.05, 4.69) is 9.80 Å². The Balaban J connectivity index is 1.64. The molecular formula is C20H31FN2O2. The number of nitrogens with zero attached hydrogens (tertiary/aromatic N) is 2. The summed E-state index contributed by atoms with van der Waals surface area (Å²) in [7, 11) is 1.55. The fourth-order valence-corrected chi connectivity index (χ4v) is 4.33. The average Bonchev–Trinajstić information content (AvgIpc) is 2.65. The van der Waals surface area contributed by atoms with Crippen LogP contribution < -0.4 is 4.74 Å². The number of methoxy groups -OCH3 is 1. The highest BCUT2D eigenvalue weighted by Gasteiger charge is 2.31. The first-order valence-electron chi connectivity index (χ1n) is 9.62. The van der Waals surface area contributed by atoms with Crippen LogP contribution >= 0.6 is 0 Å². The van der Waals surface area contributed by atoms with Gasteiger partial charge in [-0.3, -0.25) is 9.80 Å². The number of rotatable bonds is 6. The first-order valence-corrected chi connectivity index (χ1v) is 9.62. The van der Waals surface area contributed by atoms with Gasteiger partial charge in [-0.1, -0.05) is 25.3 Å². The van der Waals surface area contributed by atoms with Gasteiger partial charge in [0.2, 0.25) is 0 Å². The first-order chi connectivity index (χ1) is 12.2. The Bertz CT molecular complexity index is 548. The lowest BCUT2D eigenvalue weighted by Gasteiger charge is -2.45. The third-order valence-corrected chi connectivity index (χ3v) is 5.82. The molecule has 1 aliphatic heterocycles. The Kier molecular flexibility index (Phi) is 6.68. The molecule has 1 saturated carbocycles. The number of halogens is 1. The molecule has 0 amide bonds. The van der Waals surface area contributed by atoms with Gasteiger partial charge in [0.25, 0.3) is 0 Å². The first kappa shape index (κ1) is 18.6. The minimum atomic E-state index is -0.211. The van der Waals surface area contributed by atoms with Crippen LogP contribution in [0.25, 0.3) is 0 Å². The minimum absolute atomic E-state index is 0.185. The number of piperazine rings is 1. The van der Waals surface area contributed by atoms with Gasteiger partial charge < -0.3 is 9.84 Å². The van der Waals surface area contributed by atoms with Crippen molar-refractivity contribution >= 4 is 0 Å². The molecule has 0 radical (unpaired) electrons. The molecule has 0 spiro atoms. The fourth-order valence-electron chi connectivity index (χ4n) is 4.33. The van der Waals surface area contributed by atoms with Crippen molar-refractivity contribution < 1.29 is 14.2 Å². The largest absolute Gasteiger partial charge is 0.497 e. The molecule has 1 atom stereocenters. The molecule has 2 fully saturated rings. The zero-order valence-electron chi connectivity index (χ0n) is 15.3. The van der Waals surface area contributed by atoms with E-state index in [-0.39, 0.29) is 12.4 Å². The van der Waals surface area contributed by atoms with Crippen LogP contribution in [0.1, 0.15) is 44.1 Å². The summed E-state index contributed by atoms with van der Waals surface area (Å²) in [5.74, 6) is 0.340. The van der Waals surface area contributed by atoms with E-state index in [0.29, 0.717) is 29.9 Å². The van der Waals surface area contributed by atoms with E-state index in [1.807, 2.05) is 12.1 Å². The maximum absolute atomic E-state index is 14.3. The second-order valence-electron chi connectivity index (χ2n) is 7.38. The Labute approximate surface area is 150 Å².